The van der Waals surface area contributed by atoms with Gasteiger partial charge in [0.2, 0.25) is 5.78 Å². The summed E-state index contributed by atoms with van der Waals surface area (Å²) in [4.78, 5) is 28.3. The summed E-state index contributed by atoms with van der Waals surface area (Å²) in [5.41, 5.74) is 2.93. The quantitative estimate of drug-likeness (QED) is 0.326. The molecule has 4 rings (SSSR count). The molecule has 0 saturated carbocycles. The average Bonchev–Trinajstić information content (AvgIpc) is 3.22. The zero-order valence-electron chi connectivity index (χ0n) is 16.6. The summed E-state index contributed by atoms with van der Waals surface area (Å²) in [6.45, 7) is 1.74. The number of H-pyrrole nitrogens is 1. The summed E-state index contributed by atoms with van der Waals surface area (Å²) in [5, 5.41) is 0.841. The Bertz CT molecular complexity index is 1190. The molecule has 4 aromatic rings. The highest BCUT2D eigenvalue weighted by Gasteiger charge is 2.16. The number of ether oxygens (including phenoxy) is 2. The van der Waals surface area contributed by atoms with Crippen LogP contribution in [0.15, 0.2) is 79.0 Å². The number of rotatable bonds is 7. The number of ketones is 1. The highest BCUT2D eigenvalue weighted by Crippen LogP contribution is 2.24. The molecule has 0 amide bonds. The van der Waals surface area contributed by atoms with E-state index in [-0.39, 0.29) is 12.4 Å². The van der Waals surface area contributed by atoms with E-state index in [1.807, 2.05) is 48.5 Å². The molecule has 150 valence electrons. The Kier molecular flexibility index (Phi) is 5.61. The number of aryl methyl sites for hydroxylation is 1. The number of aromatic nitrogens is 1. The first-order valence-corrected chi connectivity index (χ1v) is 9.78. The Labute approximate surface area is 174 Å². The van der Waals surface area contributed by atoms with Gasteiger partial charge in [-0.25, -0.2) is 4.79 Å². The third kappa shape index (κ3) is 4.10. The van der Waals surface area contributed by atoms with E-state index >= 15 is 0 Å². The number of fused-ring (bicyclic) bond motifs is 1. The predicted octanol–water partition coefficient (Wildman–Crippen LogP) is 5.56. The number of Topliss-reactive ketones (excluding diaryl/α,β-unsaturated/α-hetero) is 1. The molecule has 5 nitrogen and oxygen atoms in total. The lowest BCUT2D eigenvalue weighted by molar-refractivity contribution is 0.0475. The van der Waals surface area contributed by atoms with E-state index in [0.717, 1.165) is 22.9 Å². The summed E-state index contributed by atoms with van der Waals surface area (Å²) in [6, 6.07) is 21.8. The first-order chi connectivity index (χ1) is 14.7. The van der Waals surface area contributed by atoms with Crippen molar-refractivity contribution in [2.75, 3.05) is 6.61 Å². The molecule has 0 fully saturated rings. The number of benzene rings is 3. The fourth-order valence-electron chi connectivity index (χ4n) is 3.35. The fraction of sp³-hybridized carbons (Fsp3) is 0.120. The normalized spacial score (nSPS) is 10.7. The Morgan fingerprint density at radius 2 is 1.67 bits per heavy atom. The van der Waals surface area contributed by atoms with Crippen LogP contribution in [0.3, 0.4) is 0 Å². The predicted molar refractivity (Wildman–Crippen MR) is 115 cm³/mol. The van der Waals surface area contributed by atoms with Crippen LogP contribution in [-0.2, 0) is 11.2 Å². The zero-order valence-corrected chi connectivity index (χ0v) is 16.6. The highest BCUT2D eigenvalue weighted by atomic mass is 16.5. The van der Waals surface area contributed by atoms with Crippen LogP contribution in [0.1, 0.15) is 33.2 Å². The Balaban J connectivity index is 1.44. The molecule has 0 radical (unpaired) electrons. The smallest absolute Gasteiger partial charge is 0.338 e. The second kappa shape index (κ2) is 8.66. The van der Waals surface area contributed by atoms with Crippen LogP contribution in [0.5, 0.6) is 11.5 Å². The van der Waals surface area contributed by atoms with Gasteiger partial charge in [0.05, 0.1) is 5.56 Å². The first-order valence-electron chi connectivity index (χ1n) is 9.78. The monoisotopic (exact) mass is 399 g/mol. The van der Waals surface area contributed by atoms with Gasteiger partial charge in [0.1, 0.15) is 11.5 Å². The van der Waals surface area contributed by atoms with Gasteiger partial charge in [-0.1, -0.05) is 49.4 Å². The minimum Gasteiger partial charge on any atom is -0.457 e. The number of hydrogen-bond acceptors (Lipinski definition) is 4. The average molecular weight is 399 g/mol. The Morgan fingerprint density at radius 3 is 2.47 bits per heavy atom. The van der Waals surface area contributed by atoms with Crippen molar-refractivity contribution in [1.29, 1.82) is 0 Å². The number of hydrogen-bond donors (Lipinski definition) is 1. The topological polar surface area (TPSA) is 68.4 Å². The lowest BCUT2D eigenvalue weighted by atomic mass is 10.1. The molecule has 3 aromatic carbocycles. The molecule has 0 aliphatic heterocycles. The maximum atomic E-state index is 12.6. The van der Waals surface area contributed by atoms with Crippen LogP contribution in [-0.4, -0.2) is 23.3 Å². The lowest BCUT2D eigenvalue weighted by Gasteiger charge is -2.08. The third-order valence-electron chi connectivity index (χ3n) is 4.87. The van der Waals surface area contributed by atoms with Crippen molar-refractivity contribution in [3.63, 3.8) is 0 Å². The van der Waals surface area contributed by atoms with Crippen molar-refractivity contribution in [2.24, 2.45) is 0 Å². The van der Waals surface area contributed by atoms with Gasteiger partial charge in [0.25, 0.3) is 0 Å². The maximum Gasteiger partial charge on any atom is 0.338 e. The minimum atomic E-state index is -0.573. The molecule has 1 N–H and O–H groups in total. The van der Waals surface area contributed by atoms with E-state index < -0.39 is 5.97 Å². The van der Waals surface area contributed by atoms with E-state index in [1.165, 1.54) is 0 Å². The molecule has 5 heteroatoms. The number of para-hydroxylation sites is 2. The highest BCUT2D eigenvalue weighted by molar-refractivity contribution is 6.09. The lowest BCUT2D eigenvalue weighted by Crippen LogP contribution is -2.14. The minimum absolute atomic E-state index is 0.250. The second-order valence-corrected chi connectivity index (χ2v) is 6.84. The summed E-state index contributed by atoms with van der Waals surface area (Å²) in [7, 11) is 0. The van der Waals surface area contributed by atoms with Gasteiger partial charge in [-0.2, -0.15) is 0 Å². The van der Waals surface area contributed by atoms with Gasteiger partial charge in [-0.15, -0.1) is 0 Å². The van der Waals surface area contributed by atoms with Crippen molar-refractivity contribution < 1.29 is 19.1 Å². The van der Waals surface area contributed by atoms with Crippen LogP contribution in [0.2, 0.25) is 0 Å². The van der Waals surface area contributed by atoms with Gasteiger partial charge in [0.15, 0.2) is 6.61 Å². The van der Waals surface area contributed by atoms with Crippen molar-refractivity contribution >= 4 is 22.7 Å². The van der Waals surface area contributed by atoms with E-state index in [2.05, 4.69) is 11.9 Å². The zero-order chi connectivity index (χ0) is 20.9. The number of carbonyl (C=O) groups is 2. The summed E-state index contributed by atoms with van der Waals surface area (Å²) in [6.07, 6.45) is 2.54. The largest absolute Gasteiger partial charge is 0.457 e. The molecule has 30 heavy (non-hydrogen) atoms. The van der Waals surface area contributed by atoms with E-state index in [9.17, 15) is 9.59 Å². The number of aromatic amines is 1. The Hall–Kier alpha value is -3.86. The van der Waals surface area contributed by atoms with Crippen LogP contribution in [0.4, 0.5) is 0 Å². The maximum absolute atomic E-state index is 12.6. The van der Waals surface area contributed by atoms with Gasteiger partial charge in [-0.05, 0) is 42.3 Å². The van der Waals surface area contributed by atoms with E-state index in [1.54, 1.807) is 30.5 Å². The van der Waals surface area contributed by atoms with Crippen LogP contribution in [0.25, 0.3) is 10.9 Å². The van der Waals surface area contributed by atoms with Gasteiger partial charge >= 0.3 is 5.97 Å². The third-order valence-corrected chi connectivity index (χ3v) is 4.87. The second-order valence-electron chi connectivity index (χ2n) is 6.84. The standard InChI is InChI=1S/C25H21NO4/c1-2-17-8-7-13-21-22(15-26-24(17)21)23(27)16-29-25(28)18-9-6-12-20(14-18)30-19-10-4-3-5-11-19/h3-15,26H,2,16H2,1H3. The van der Waals surface area contributed by atoms with Crippen molar-refractivity contribution in [2.45, 2.75) is 13.3 Å². The van der Waals surface area contributed by atoms with Crippen LogP contribution in [0, 0.1) is 0 Å². The molecular weight excluding hydrogens is 378 g/mol. The number of carbonyl (C=O) groups excluding carboxylic acids is 2. The molecule has 0 saturated heterocycles. The molecule has 0 unspecified atom stereocenters. The molecule has 0 aliphatic rings. The summed E-state index contributed by atoms with van der Waals surface area (Å²) >= 11 is 0. The molecule has 0 bridgehead atoms. The van der Waals surface area contributed by atoms with Crippen molar-refractivity contribution in [1.82, 2.24) is 4.98 Å². The van der Waals surface area contributed by atoms with Gasteiger partial charge in [0, 0.05) is 22.7 Å². The summed E-state index contributed by atoms with van der Waals surface area (Å²) in [5.74, 6) is 0.366. The summed E-state index contributed by atoms with van der Waals surface area (Å²) < 4.78 is 11.0. The number of nitrogens with one attached hydrogen (secondary N) is 1. The van der Waals surface area contributed by atoms with Crippen molar-refractivity contribution in [3.05, 3.63) is 95.7 Å². The van der Waals surface area contributed by atoms with Gasteiger partial charge in [-0.3, -0.25) is 4.79 Å². The first kappa shape index (κ1) is 19.5. The molecule has 1 heterocycles. The molecular formula is C25H21NO4. The van der Waals surface area contributed by atoms with E-state index in [0.29, 0.717) is 22.6 Å². The number of esters is 1. The molecule has 0 spiro atoms. The van der Waals surface area contributed by atoms with Gasteiger partial charge < -0.3 is 14.5 Å². The molecule has 0 aliphatic carbocycles. The van der Waals surface area contributed by atoms with Crippen molar-refractivity contribution in [3.8, 4) is 11.5 Å². The SMILES string of the molecule is CCc1cccc2c(C(=O)COC(=O)c3cccc(Oc4ccccc4)c3)c[nH]c12. The molecule has 1 aromatic heterocycles. The fourth-order valence-corrected chi connectivity index (χ4v) is 3.35. The van der Waals surface area contributed by atoms with E-state index in [4.69, 9.17) is 9.47 Å². The molecule has 0 atom stereocenters. The van der Waals surface area contributed by atoms with Crippen LogP contribution < -0.4 is 4.74 Å². The van der Waals surface area contributed by atoms with Crippen LogP contribution >= 0.6 is 0 Å². The Morgan fingerprint density at radius 1 is 0.900 bits per heavy atom.